The van der Waals surface area contributed by atoms with Crippen LogP contribution in [0.3, 0.4) is 0 Å². The van der Waals surface area contributed by atoms with Crippen molar-refractivity contribution >= 4 is 17.2 Å². The largest absolute Gasteiger partial charge is 0.354 e. The Morgan fingerprint density at radius 2 is 2.12 bits per heavy atom. The molecule has 0 fully saturated rings. The molecule has 0 bridgehead atoms. The number of nitrogens with zero attached hydrogens (tertiary/aromatic N) is 1. The van der Waals surface area contributed by atoms with E-state index in [4.69, 9.17) is 0 Å². The third-order valence-electron chi connectivity index (χ3n) is 2.69. The van der Waals surface area contributed by atoms with E-state index < -0.39 is 0 Å². The molecule has 0 saturated heterocycles. The van der Waals surface area contributed by atoms with Crippen molar-refractivity contribution in [1.82, 2.24) is 10.2 Å². The van der Waals surface area contributed by atoms with Crippen LogP contribution in [-0.4, -0.2) is 31.4 Å². The average Bonchev–Trinajstić information content (AvgIpc) is 2.69. The summed E-state index contributed by atoms with van der Waals surface area (Å²) in [6.07, 6.45) is 0. The zero-order valence-corrected chi connectivity index (χ0v) is 12.1. The molecule has 1 atom stereocenters. The molecule has 0 aromatic carbocycles. The molecule has 3 nitrogen and oxygen atoms in total. The highest BCUT2D eigenvalue weighted by Crippen LogP contribution is 2.20. The first-order valence-electron chi connectivity index (χ1n) is 5.79. The predicted molar refractivity (Wildman–Crippen MR) is 73.2 cm³/mol. The van der Waals surface area contributed by atoms with E-state index in [9.17, 15) is 4.79 Å². The zero-order valence-electron chi connectivity index (χ0n) is 11.3. The minimum Gasteiger partial charge on any atom is -0.354 e. The fraction of sp³-hybridized carbons (Fsp3) is 0.615. The molecule has 0 saturated carbocycles. The summed E-state index contributed by atoms with van der Waals surface area (Å²) in [5.74, 6) is 0.0968. The first kappa shape index (κ1) is 14.2. The third-order valence-corrected chi connectivity index (χ3v) is 3.39. The van der Waals surface area contributed by atoms with Gasteiger partial charge in [-0.3, -0.25) is 4.79 Å². The maximum Gasteiger partial charge on any atom is 0.225 e. The molecular weight excluding hydrogens is 232 g/mol. The number of thiophene rings is 1. The predicted octanol–water partition coefficient (Wildman–Crippen LogP) is 2.51. The quantitative estimate of drug-likeness (QED) is 0.895. The molecule has 17 heavy (non-hydrogen) atoms. The van der Waals surface area contributed by atoms with Crippen molar-refractivity contribution in [2.75, 3.05) is 20.6 Å². The lowest BCUT2D eigenvalue weighted by molar-refractivity contribution is -0.128. The summed E-state index contributed by atoms with van der Waals surface area (Å²) in [5.41, 5.74) is 0.931. The molecule has 1 rings (SSSR count). The van der Waals surface area contributed by atoms with Crippen molar-refractivity contribution < 1.29 is 4.79 Å². The van der Waals surface area contributed by atoms with Crippen LogP contribution in [0.25, 0.3) is 0 Å². The van der Waals surface area contributed by atoms with Gasteiger partial charge in [-0.05, 0) is 36.5 Å². The Hall–Kier alpha value is -0.870. The van der Waals surface area contributed by atoms with E-state index in [1.807, 2.05) is 34.9 Å². The van der Waals surface area contributed by atoms with E-state index in [0.29, 0.717) is 6.54 Å². The van der Waals surface area contributed by atoms with Gasteiger partial charge in [0.1, 0.15) is 0 Å². The van der Waals surface area contributed by atoms with Gasteiger partial charge < -0.3 is 10.2 Å². The van der Waals surface area contributed by atoms with Crippen LogP contribution in [0.1, 0.15) is 32.4 Å². The summed E-state index contributed by atoms with van der Waals surface area (Å²) in [4.78, 5) is 14.0. The van der Waals surface area contributed by atoms with Gasteiger partial charge in [0, 0.05) is 12.0 Å². The number of carbonyl (C=O) groups is 1. The van der Waals surface area contributed by atoms with E-state index in [1.165, 1.54) is 5.56 Å². The Balaban J connectivity index is 2.61. The summed E-state index contributed by atoms with van der Waals surface area (Å²) in [6, 6.07) is 2.35. The Labute approximate surface area is 108 Å². The summed E-state index contributed by atoms with van der Waals surface area (Å²) >= 11 is 1.69. The molecule has 1 N–H and O–H groups in total. The standard InChI is InChI=1S/C13H22N2OS/c1-13(2,3)12(16)14-8-11(15(4)5)10-6-7-17-9-10/h6-7,9,11H,8H2,1-5H3,(H,14,16)/t11-/m0/s1. The maximum atomic E-state index is 11.8. The highest BCUT2D eigenvalue weighted by molar-refractivity contribution is 7.07. The lowest BCUT2D eigenvalue weighted by Gasteiger charge is -2.26. The van der Waals surface area contributed by atoms with Gasteiger partial charge in [-0.1, -0.05) is 20.8 Å². The Bertz CT molecular complexity index is 352. The molecule has 1 aromatic heterocycles. The van der Waals surface area contributed by atoms with Gasteiger partial charge in [0.25, 0.3) is 0 Å². The van der Waals surface area contributed by atoms with Crippen LogP contribution in [0.4, 0.5) is 0 Å². The van der Waals surface area contributed by atoms with E-state index in [1.54, 1.807) is 11.3 Å². The molecule has 0 aliphatic heterocycles. The summed E-state index contributed by atoms with van der Waals surface area (Å²) < 4.78 is 0. The van der Waals surface area contributed by atoms with Crippen LogP contribution in [0, 0.1) is 5.41 Å². The van der Waals surface area contributed by atoms with E-state index in [2.05, 4.69) is 27.0 Å². The number of hydrogen-bond acceptors (Lipinski definition) is 3. The van der Waals surface area contributed by atoms with E-state index in [0.717, 1.165) is 0 Å². The van der Waals surface area contributed by atoms with E-state index in [-0.39, 0.29) is 17.4 Å². The smallest absolute Gasteiger partial charge is 0.225 e. The molecule has 0 unspecified atom stereocenters. The van der Waals surface area contributed by atoms with Crippen LogP contribution < -0.4 is 5.32 Å². The fourth-order valence-electron chi connectivity index (χ4n) is 1.52. The fourth-order valence-corrected chi connectivity index (χ4v) is 2.22. The number of rotatable bonds is 4. The van der Waals surface area contributed by atoms with Crippen molar-refractivity contribution in [1.29, 1.82) is 0 Å². The van der Waals surface area contributed by atoms with Crippen LogP contribution in [0.5, 0.6) is 0 Å². The Morgan fingerprint density at radius 3 is 2.53 bits per heavy atom. The number of nitrogens with one attached hydrogen (secondary N) is 1. The van der Waals surface area contributed by atoms with E-state index >= 15 is 0 Å². The van der Waals surface area contributed by atoms with Gasteiger partial charge in [-0.2, -0.15) is 11.3 Å². The number of carbonyl (C=O) groups excluding carboxylic acids is 1. The van der Waals surface area contributed by atoms with Crippen molar-refractivity contribution in [3.8, 4) is 0 Å². The minimum absolute atomic E-state index is 0.0968. The molecule has 0 aliphatic rings. The number of amides is 1. The van der Waals surface area contributed by atoms with Gasteiger partial charge in [-0.25, -0.2) is 0 Å². The summed E-state index contributed by atoms with van der Waals surface area (Å²) in [7, 11) is 4.07. The minimum atomic E-state index is -0.328. The zero-order chi connectivity index (χ0) is 13.1. The molecule has 1 heterocycles. The first-order valence-corrected chi connectivity index (χ1v) is 6.73. The van der Waals surface area contributed by atoms with Crippen LogP contribution in [0.15, 0.2) is 16.8 Å². The molecule has 0 radical (unpaired) electrons. The lowest BCUT2D eigenvalue weighted by Crippen LogP contribution is -2.40. The number of hydrogen-bond donors (Lipinski definition) is 1. The second kappa shape index (κ2) is 5.65. The van der Waals surface area contributed by atoms with Gasteiger partial charge in [0.05, 0.1) is 6.04 Å². The molecule has 1 aromatic rings. The van der Waals surface area contributed by atoms with Crippen LogP contribution in [-0.2, 0) is 4.79 Å². The lowest BCUT2D eigenvalue weighted by atomic mass is 9.95. The van der Waals surface area contributed by atoms with Gasteiger partial charge in [0.15, 0.2) is 0 Å². The normalized spacial score (nSPS) is 13.8. The van der Waals surface area contributed by atoms with Crippen LogP contribution >= 0.6 is 11.3 Å². The maximum absolute atomic E-state index is 11.8. The molecule has 1 amide bonds. The highest BCUT2D eigenvalue weighted by atomic mass is 32.1. The van der Waals surface area contributed by atoms with Crippen molar-refractivity contribution in [2.24, 2.45) is 5.41 Å². The van der Waals surface area contributed by atoms with Gasteiger partial charge in [0.2, 0.25) is 5.91 Å². The third kappa shape index (κ3) is 4.13. The molecule has 4 heteroatoms. The number of likely N-dealkylation sites (N-methyl/N-ethyl adjacent to an activating group) is 1. The molecule has 0 spiro atoms. The molecule has 96 valence electrons. The topological polar surface area (TPSA) is 32.3 Å². The van der Waals surface area contributed by atoms with Crippen molar-refractivity contribution in [3.05, 3.63) is 22.4 Å². The van der Waals surface area contributed by atoms with Crippen molar-refractivity contribution in [2.45, 2.75) is 26.8 Å². The van der Waals surface area contributed by atoms with Gasteiger partial charge in [-0.15, -0.1) is 0 Å². The second-order valence-electron chi connectivity index (χ2n) is 5.50. The second-order valence-corrected chi connectivity index (χ2v) is 6.28. The Kier molecular flexibility index (Phi) is 4.71. The molecule has 0 aliphatic carbocycles. The first-order chi connectivity index (χ1) is 7.82. The van der Waals surface area contributed by atoms with Gasteiger partial charge >= 0.3 is 0 Å². The van der Waals surface area contributed by atoms with Crippen molar-refractivity contribution in [3.63, 3.8) is 0 Å². The summed E-state index contributed by atoms with van der Waals surface area (Å²) in [6.45, 7) is 6.44. The highest BCUT2D eigenvalue weighted by Gasteiger charge is 2.23. The SMILES string of the molecule is CN(C)[C@@H](CNC(=O)C(C)(C)C)c1ccsc1. The van der Waals surface area contributed by atoms with Crippen LogP contribution in [0.2, 0.25) is 0 Å². The molecular formula is C13H22N2OS. The monoisotopic (exact) mass is 254 g/mol. The average molecular weight is 254 g/mol. The summed E-state index contributed by atoms with van der Waals surface area (Å²) in [5, 5.41) is 7.22. The Morgan fingerprint density at radius 1 is 1.47 bits per heavy atom.